The van der Waals surface area contributed by atoms with Crippen molar-refractivity contribution < 1.29 is 4.79 Å². The molecule has 1 atom stereocenters. The van der Waals surface area contributed by atoms with Crippen LogP contribution in [0.25, 0.3) is 10.4 Å². The summed E-state index contributed by atoms with van der Waals surface area (Å²) >= 11 is 4.93. The number of aromatic nitrogens is 3. The molecule has 2 aromatic heterocycles. The van der Waals surface area contributed by atoms with Crippen LogP contribution in [-0.2, 0) is 6.54 Å². The van der Waals surface area contributed by atoms with E-state index in [1.54, 1.807) is 11.0 Å². The van der Waals surface area contributed by atoms with Crippen LogP contribution in [0.5, 0.6) is 0 Å². The summed E-state index contributed by atoms with van der Waals surface area (Å²) in [4.78, 5) is 18.6. The maximum atomic E-state index is 12.9. The standard InChI is InChI=1S/C21H17BrN4OS/c22-17-8-6-16(7-9-17)19-10-11-20(28-19)21(27)25-18(12-26-14-23-13-24-26)15-4-2-1-3-5-15/h1-11,13-14,18H,12H2,(H,25,27). The van der Waals surface area contributed by atoms with Crippen LogP contribution in [0.15, 0.2) is 83.9 Å². The first kappa shape index (κ1) is 18.6. The van der Waals surface area contributed by atoms with Gasteiger partial charge in [-0.15, -0.1) is 11.3 Å². The van der Waals surface area contributed by atoms with Crippen LogP contribution in [0.1, 0.15) is 21.3 Å². The van der Waals surface area contributed by atoms with Crippen LogP contribution in [0.3, 0.4) is 0 Å². The largest absolute Gasteiger partial charge is 0.343 e. The third kappa shape index (κ3) is 4.37. The molecule has 140 valence electrons. The molecular formula is C21H17BrN4OS. The SMILES string of the molecule is O=C(NC(Cn1cncn1)c1ccccc1)c1ccc(-c2ccc(Br)cc2)s1. The summed E-state index contributed by atoms with van der Waals surface area (Å²) in [5.74, 6) is -0.0951. The zero-order valence-electron chi connectivity index (χ0n) is 14.8. The van der Waals surface area contributed by atoms with Crippen molar-refractivity contribution in [1.29, 1.82) is 0 Å². The molecule has 0 spiro atoms. The Morgan fingerprint density at radius 3 is 2.57 bits per heavy atom. The summed E-state index contributed by atoms with van der Waals surface area (Å²) in [6.07, 6.45) is 3.15. The first-order valence-corrected chi connectivity index (χ1v) is 10.3. The number of benzene rings is 2. The summed E-state index contributed by atoms with van der Waals surface area (Å²) in [5, 5.41) is 7.30. The maximum absolute atomic E-state index is 12.9. The number of thiophene rings is 1. The van der Waals surface area contributed by atoms with Crippen molar-refractivity contribution in [3.05, 3.63) is 94.3 Å². The number of rotatable bonds is 6. The fraction of sp³-hybridized carbons (Fsp3) is 0.0952. The molecule has 0 aliphatic rings. The Morgan fingerprint density at radius 1 is 1.07 bits per heavy atom. The van der Waals surface area contributed by atoms with Crippen molar-refractivity contribution >= 4 is 33.2 Å². The normalized spacial score (nSPS) is 11.9. The van der Waals surface area contributed by atoms with Crippen LogP contribution < -0.4 is 5.32 Å². The topological polar surface area (TPSA) is 59.8 Å². The molecule has 0 saturated heterocycles. The van der Waals surface area contributed by atoms with Crippen molar-refractivity contribution in [1.82, 2.24) is 20.1 Å². The van der Waals surface area contributed by atoms with E-state index in [1.165, 1.54) is 17.7 Å². The van der Waals surface area contributed by atoms with Gasteiger partial charge in [-0.2, -0.15) is 5.10 Å². The molecule has 0 aliphatic carbocycles. The molecule has 1 amide bonds. The van der Waals surface area contributed by atoms with E-state index in [9.17, 15) is 4.79 Å². The molecule has 7 heteroatoms. The Bertz CT molecular complexity index is 1050. The van der Waals surface area contributed by atoms with Gasteiger partial charge < -0.3 is 5.32 Å². The zero-order valence-corrected chi connectivity index (χ0v) is 17.2. The average Bonchev–Trinajstić information content (AvgIpc) is 3.41. The number of carbonyl (C=O) groups is 1. The van der Waals surface area contributed by atoms with E-state index in [-0.39, 0.29) is 11.9 Å². The van der Waals surface area contributed by atoms with Gasteiger partial charge in [0, 0.05) is 9.35 Å². The number of nitrogens with one attached hydrogen (secondary N) is 1. The van der Waals surface area contributed by atoms with E-state index in [1.807, 2.05) is 66.7 Å². The monoisotopic (exact) mass is 452 g/mol. The van der Waals surface area contributed by atoms with Crippen LogP contribution >= 0.6 is 27.3 Å². The van der Waals surface area contributed by atoms with E-state index < -0.39 is 0 Å². The Hall–Kier alpha value is -2.77. The van der Waals surface area contributed by atoms with Gasteiger partial charge in [-0.25, -0.2) is 4.98 Å². The lowest BCUT2D eigenvalue weighted by molar-refractivity contribution is 0.0936. The van der Waals surface area contributed by atoms with Gasteiger partial charge in [0.05, 0.1) is 17.5 Å². The predicted molar refractivity (Wildman–Crippen MR) is 114 cm³/mol. The summed E-state index contributed by atoms with van der Waals surface area (Å²) in [5.41, 5.74) is 2.12. The lowest BCUT2D eigenvalue weighted by Crippen LogP contribution is -2.31. The summed E-state index contributed by atoms with van der Waals surface area (Å²) in [7, 11) is 0. The molecule has 1 N–H and O–H groups in total. The van der Waals surface area contributed by atoms with Crippen LogP contribution in [0.4, 0.5) is 0 Å². The molecule has 2 aromatic carbocycles. The van der Waals surface area contributed by atoms with Crippen LogP contribution in [0.2, 0.25) is 0 Å². The van der Waals surface area contributed by atoms with Gasteiger partial charge in [0.25, 0.3) is 5.91 Å². The smallest absolute Gasteiger partial charge is 0.261 e. The van der Waals surface area contributed by atoms with E-state index in [2.05, 4.69) is 31.3 Å². The second-order valence-corrected chi connectivity index (χ2v) is 8.22. The molecule has 1 unspecified atom stereocenters. The molecule has 0 fully saturated rings. The third-order valence-corrected chi connectivity index (χ3v) is 5.96. The molecule has 0 radical (unpaired) electrons. The van der Waals surface area contributed by atoms with Crippen LogP contribution in [0, 0.1) is 0 Å². The second-order valence-electron chi connectivity index (χ2n) is 6.23. The number of hydrogen-bond acceptors (Lipinski definition) is 4. The van der Waals surface area contributed by atoms with Gasteiger partial charge in [0.2, 0.25) is 0 Å². The molecule has 5 nitrogen and oxygen atoms in total. The molecule has 2 heterocycles. The van der Waals surface area contributed by atoms with Gasteiger partial charge >= 0.3 is 0 Å². The highest BCUT2D eigenvalue weighted by molar-refractivity contribution is 9.10. The molecule has 0 bridgehead atoms. The first-order valence-electron chi connectivity index (χ1n) is 8.73. The minimum atomic E-state index is -0.200. The maximum Gasteiger partial charge on any atom is 0.261 e. The Morgan fingerprint density at radius 2 is 1.86 bits per heavy atom. The zero-order chi connectivity index (χ0) is 19.3. The average molecular weight is 453 g/mol. The minimum Gasteiger partial charge on any atom is -0.343 e. The van der Waals surface area contributed by atoms with Gasteiger partial charge in [-0.3, -0.25) is 9.48 Å². The number of nitrogens with zero attached hydrogens (tertiary/aromatic N) is 3. The second kappa shape index (κ2) is 8.50. The Labute approximate surface area is 175 Å². The number of carbonyl (C=O) groups excluding carboxylic acids is 1. The van der Waals surface area contributed by atoms with Gasteiger partial charge in [-0.1, -0.05) is 58.4 Å². The Balaban J connectivity index is 1.53. The van der Waals surface area contributed by atoms with Crippen molar-refractivity contribution in [2.45, 2.75) is 12.6 Å². The molecular weight excluding hydrogens is 436 g/mol. The van der Waals surface area contributed by atoms with E-state index in [0.717, 1.165) is 20.5 Å². The van der Waals surface area contributed by atoms with E-state index in [4.69, 9.17) is 0 Å². The van der Waals surface area contributed by atoms with E-state index >= 15 is 0 Å². The highest BCUT2D eigenvalue weighted by Gasteiger charge is 2.18. The highest BCUT2D eigenvalue weighted by Crippen LogP contribution is 2.29. The van der Waals surface area contributed by atoms with Crippen molar-refractivity contribution in [2.75, 3.05) is 0 Å². The highest BCUT2D eigenvalue weighted by atomic mass is 79.9. The third-order valence-electron chi connectivity index (χ3n) is 4.30. The quantitative estimate of drug-likeness (QED) is 0.450. The fourth-order valence-electron chi connectivity index (χ4n) is 2.89. The van der Waals surface area contributed by atoms with Crippen molar-refractivity contribution in [2.24, 2.45) is 0 Å². The number of halogens is 1. The van der Waals surface area contributed by atoms with Crippen LogP contribution in [-0.4, -0.2) is 20.7 Å². The number of hydrogen-bond donors (Lipinski definition) is 1. The molecule has 4 rings (SSSR count). The van der Waals surface area contributed by atoms with Gasteiger partial charge in [0.1, 0.15) is 12.7 Å². The predicted octanol–water partition coefficient (Wildman–Crippen LogP) is 4.94. The number of amides is 1. The molecule has 28 heavy (non-hydrogen) atoms. The van der Waals surface area contributed by atoms with Gasteiger partial charge in [-0.05, 0) is 35.4 Å². The molecule has 0 aliphatic heterocycles. The summed E-state index contributed by atoms with van der Waals surface area (Å²) in [6.45, 7) is 0.515. The van der Waals surface area contributed by atoms with E-state index in [0.29, 0.717) is 11.4 Å². The fourth-order valence-corrected chi connectivity index (χ4v) is 4.07. The lowest BCUT2D eigenvalue weighted by atomic mass is 10.1. The first-order chi connectivity index (χ1) is 13.7. The molecule has 4 aromatic rings. The summed E-state index contributed by atoms with van der Waals surface area (Å²) < 4.78 is 2.75. The van der Waals surface area contributed by atoms with Crippen molar-refractivity contribution in [3.63, 3.8) is 0 Å². The Kier molecular flexibility index (Phi) is 5.64. The molecule has 0 saturated carbocycles. The van der Waals surface area contributed by atoms with Gasteiger partial charge in [0.15, 0.2) is 0 Å². The summed E-state index contributed by atoms with van der Waals surface area (Å²) in [6, 6.07) is 21.6. The van der Waals surface area contributed by atoms with Crippen molar-refractivity contribution in [3.8, 4) is 10.4 Å². The lowest BCUT2D eigenvalue weighted by Gasteiger charge is -2.18. The minimum absolute atomic E-state index is 0.0951.